The van der Waals surface area contributed by atoms with Crippen LogP contribution >= 0.6 is 0 Å². The van der Waals surface area contributed by atoms with Gasteiger partial charge in [-0.3, -0.25) is 4.90 Å². The van der Waals surface area contributed by atoms with Crippen LogP contribution in [0.5, 0.6) is 0 Å². The molecule has 4 heteroatoms. The summed E-state index contributed by atoms with van der Waals surface area (Å²) in [5, 5.41) is 0. The first kappa shape index (κ1) is 20.3. The number of hydrogen-bond acceptors (Lipinski definition) is 2. The Bertz CT molecular complexity index is 955. The second-order valence-electron chi connectivity index (χ2n) is 7.71. The minimum atomic E-state index is -0.202. The molecule has 0 saturated carbocycles. The van der Waals surface area contributed by atoms with Crippen LogP contribution in [0, 0.1) is 11.6 Å². The fraction of sp³-hybridized carbons (Fsp3) is 0.231. The van der Waals surface area contributed by atoms with E-state index in [1.165, 1.54) is 35.5 Å². The molecule has 0 spiro atoms. The Hall–Kier alpha value is -2.98. The summed E-state index contributed by atoms with van der Waals surface area (Å²) in [5.74, 6) is -0.397. The molecule has 0 atom stereocenters. The van der Waals surface area contributed by atoms with E-state index in [0.29, 0.717) is 0 Å². The molecule has 2 nitrogen and oxygen atoms in total. The van der Waals surface area contributed by atoms with Crippen molar-refractivity contribution in [2.24, 2.45) is 0 Å². The van der Waals surface area contributed by atoms with Gasteiger partial charge in [-0.25, -0.2) is 8.78 Å². The van der Waals surface area contributed by atoms with Crippen LogP contribution in [0.2, 0.25) is 0 Å². The van der Waals surface area contributed by atoms with Crippen molar-refractivity contribution in [2.75, 3.05) is 37.6 Å². The van der Waals surface area contributed by atoms with Crippen molar-refractivity contribution >= 4 is 11.8 Å². The standard InChI is InChI=1S/C26H26F2N2/c27-24-9-3-21(4-10-24)2-1-15-29-16-18-30(19-17-29)26-13-7-23(8-14-26)20-22-5-11-25(28)12-6-22/h1-14H,15-20H2. The number of rotatable bonds is 6. The van der Waals surface area contributed by atoms with Gasteiger partial charge in [-0.15, -0.1) is 0 Å². The molecule has 0 bridgehead atoms. The lowest BCUT2D eigenvalue weighted by molar-refractivity contribution is 0.284. The van der Waals surface area contributed by atoms with Gasteiger partial charge in [0.15, 0.2) is 0 Å². The van der Waals surface area contributed by atoms with Crippen molar-refractivity contribution in [3.05, 3.63) is 107 Å². The zero-order chi connectivity index (χ0) is 20.8. The largest absolute Gasteiger partial charge is 0.369 e. The van der Waals surface area contributed by atoms with Crippen LogP contribution in [0.25, 0.3) is 6.08 Å². The second-order valence-corrected chi connectivity index (χ2v) is 7.71. The van der Waals surface area contributed by atoms with E-state index in [2.05, 4.69) is 40.1 Å². The molecule has 1 aliphatic rings. The molecule has 0 unspecified atom stereocenters. The van der Waals surface area contributed by atoms with Gasteiger partial charge in [0.25, 0.3) is 0 Å². The number of benzene rings is 3. The van der Waals surface area contributed by atoms with E-state index in [1.54, 1.807) is 12.1 Å². The van der Waals surface area contributed by atoms with E-state index < -0.39 is 0 Å². The smallest absolute Gasteiger partial charge is 0.123 e. The van der Waals surface area contributed by atoms with E-state index in [9.17, 15) is 8.78 Å². The van der Waals surface area contributed by atoms with Crippen molar-refractivity contribution in [3.8, 4) is 0 Å². The molecule has 0 N–H and O–H groups in total. The Labute approximate surface area is 177 Å². The number of nitrogens with zero attached hydrogens (tertiary/aromatic N) is 2. The molecule has 1 saturated heterocycles. The van der Waals surface area contributed by atoms with Crippen LogP contribution in [0.3, 0.4) is 0 Å². The highest BCUT2D eigenvalue weighted by atomic mass is 19.1. The monoisotopic (exact) mass is 404 g/mol. The summed E-state index contributed by atoms with van der Waals surface area (Å²) in [4.78, 5) is 4.85. The van der Waals surface area contributed by atoms with Crippen LogP contribution in [0.1, 0.15) is 16.7 Å². The van der Waals surface area contributed by atoms with Crippen molar-refractivity contribution in [1.82, 2.24) is 4.90 Å². The third-order valence-electron chi connectivity index (χ3n) is 5.54. The molecule has 1 aliphatic heterocycles. The number of halogens is 2. The summed E-state index contributed by atoms with van der Waals surface area (Å²) < 4.78 is 26.0. The molecule has 0 radical (unpaired) electrons. The number of anilines is 1. The van der Waals surface area contributed by atoms with Crippen LogP contribution in [-0.2, 0) is 6.42 Å². The fourth-order valence-corrected chi connectivity index (χ4v) is 3.76. The molecule has 30 heavy (non-hydrogen) atoms. The SMILES string of the molecule is Fc1ccc(C=CCN2CCN(c3ccc(Cc4ccc(F)cc4)cc3)CC2)cc1. The van der Waals surface area contributed by atoms with Gasteiger partial charge < -0.3 is 4.90 Å². The first-order chi connectivity index (χ1) is 14.7. The van der Waals surface area contributed by atoms with Gasteiger partial charge in [-0.1, -0.05) is 48.6 Å². The quantitative estimate of drug-likeness (QED) is 0.543. The van der Waals surface area contributed by atoms with Crippen LogP contribution in [0.4, 0.5) is 14.5 Å². The van der Waals surface area contributed by atoms with Gasteiger partial charge in [0, 0.05) is 38.4 Å². The fourth-order valence-electron chi connectivity index (χ4n) is 3.76. The minimum Gasteiger partial charge on any atom is -0.369 e. The molecule has 0 aliphatic carbocycles. The van der Waals surface area contributed by atoms with Gasteiger partial charge in [0.05, 0.1) is 0 Å². The van der Waals surface area contributed by atoms with Gasteiger partial charge in [0.1, 0.15) is 11.6 Å². The average molecular weight is 405 g/mol. The highest BCUT2D eigenvalue weighted by Gasteiger charge is 2.16. The van der Waals surface area contributed by atoms with E-state index in [4.69, 9.17) is 0 Å². The Morgan fingerprint density at radius 3 is 1.80 bits per heavy atom. The zero-order valence-corrected chi connectivity index (χ0v) is 17.0. The Balaban J connectivity index is 1.25. The molecule has 3 aromatic carbocycles. The highest BCUT2D eigenvalue weighted by Crippen LogP contribution is 2.19. The first-order valence-electron chi connectivity index (χ1n) is 10.4. The molecule has 3 aromatic rings. The van der Waals surface area contributed by atoms with Crippen molar-refractivity contribution in [2.45, 2.75) is 6.42 Å². The van der Waals surface area contributed by atoms with Crippen molar-refractivity contribution < 1.29 is 8.78 Å². The van der Waals surface area contributed by atoms with Crippen molar-refractivity contribution in [3.63, 3.8) is 0 Å². The Morgan fingerprint density at radius 2 is 1.20 bits per heavy atom. The van der Waals surface area contributed by atoms with Gasteiger partial charge in [-0.2, -0.15) is 0 Å². The van der Waals surface area contributed by atoms with E-state index >= 15 is 0 Å². The average Bonchev–Trinajstić information content (AvgIpc) is 2.78. The zero-order valence-electron chi connectivity index (χ0n) is 17.0. The lowest BCUT2D eigenvalue weighted by Gasteiger charge is -2.35. The number of hydrogen-bond donors (Lipinski definition) is 0. The van der Waals surface area contributed by atoms with E-state index in [1.807, 2.05) is 18.2 Å². The van der Waals surface area contributed by atoms with Gasteiger partial charge >= 0.3 is 0 Å². The molecular formula is C26H26F2N2. The summed E-state index contributed by atoms with van der Waals surface area (Å²) in [7, 11) is 0. The molecule has 1 fully saturated rings. The maximum absolute atomic E-state index is 13.0. The van der Waals surface area contributed by atoms with Crippen LogP contribution in [-0.4, -0.2) is 37.6 Å². The lowest BCUT2D eigenvalue weighted by atomic mass is 10.0. The Morgan fingerprint density at radius 1 is 0.667 bits per heavy atom. The van der Waals surface area contributed by atoms with Gasteiger partial charge in [0.2, 0.25) is 0 Å². The maximum atomic E-state index is 13.0. The Kier molecular flexibility index (Phi) is 6.55. The summed E-state index contributed by atoms with van der Waals surface area (Å²) in [6.45, 7) is 4.95. The maximum Gasteiger partial charge on any atom is 0.123 e. The third kappa shape index (κ3) is 5.55. The predicted molar refractivity (Wildman–Crippen MR) is 120 cm³/mol. The molecule has 0 aromatic heterocycles. The molecule has 4 rings (SSSR count). The molecular weight excluding hydrogens is 378 g/mol. The van der Waals surface area contributed by atoms with Gasteiger partial charge in [-0.05, 0) is 59.5 Å². The lowest BCUT2D eigenvalue weighted by Crippen LogP contribution is -2.46. The highest BCUT2D eigenvalue weighted by molar-refractivity contribution is 5.50. The topological polar surface area (TPSA) is 6.48 Å². The van der Waals surface area contributed by atoms with Crippen LogP contribution < -0.4 is 4.90 Å². The summed E-state index contributed by atoms with van der Waals surface area (Å²) in [6.07, 6.45) is 5.01. The third-order valence-corrected chi connectivity index (χ3v) is 5.54. The summed E-state index contributed by atoms with van der Waals surface area (Å²) >= 11 is 0. The first-order valence-corrected chi connectivity index (χ1v) is 10.4. The van der Waals surface area contributed by atoms with Crippen molar-refractivity contribution in [1.29, 1.82) is 0 Å². The summed E-state index contributed by atoms with van der Waals surface area (Å²) in [6, 6.07) is 22.0. The molecule has 0 amide bonds. The predicted octanol–water partition coefficient (Wildman–Crippen LogP) is 5.39. The van der Waals surface area contributed by atoms with Crippen LogP contribution in [0.15, 0.2) is 78.9 Å². The second kappa shape index (κ2) is 9.68. The van der Waals surface area contributed by atoms with E-state index in [-0.39, 0.29) is 11.6 Å². The minimum absolute atomic E-state index is 0.195. The van der Waals surface area contributed by atoms with E-state index in [0.717, 1.165) is 50.3 Å². The summed E-state index contributed by atoms with van der Waals surface area (Å²) in [5.41, 5.74) is 4.62. The number of piperazine rings is 1. The molecule has 1 heterocycles. The molecule has 154 valence electrons. The normalized spacial score (nSPS) is 15.1.